The van der Waals surface area contributed by atoms with Crippen LogP contribution in [0.5, 0.6) is 5.75 Å². The maximum Gasteiger partial charge on any atom is 0.327 e. The molecule has 1 amide bonds. The highest BCUT2D eigenvalue weighted by atomic mass is 16.8. The van der Waals surface area contributed by atoms with Crippen molar-refractivity contribution in [1.29, 1.82) is 0 Å². The largest absolute Gasteiger partial charge is 0.508 e. The second-order valence-electron chi connectivity index (χ2n) is 12.9. The number of phenols is 1. The lowest BCUT2D eigenvalue weighted by atomic mass is 9.62. The Bertz CT molecular complexity index is 1670. The van der Waals surface area contributed by atoms with Gasteiger partial charge in [0.15, 0.2) is 11.8 Å². The molecule has 1 saturated carbocycles. The predicted molar refractivity (Wildman–Crippen MR) is 165 cm³/mol. The van der Waals surface area contributed by atoms with E-state index in [-0.39, 0.29) is 37.8 Å². The number of para-hydroxylation sites is 1. The summed E-state index contributed by atoms with van der Waals surface area (Å²) in [5.41, 5.74) is 3.75. The van der Waals surface area contributed by atoms with E-state index in [4.69, 9.17) is 19.0 Å². The standard InChI is InChI=1S/C36H36N2O8/c39-17-16-37-34(42)36-20-28-29-30(45-35(44-29)18-25-8-1-2-9-26(25)19-35)32(36)46-38(31(36)33(41)43-28)21-23-14-12-22(13-15-23)6-5-10-24-7-3-4-11-27(24)40/h1-9,11-15,28-32,39-40H,10,16-21H2,(H,37,42). The first-order valence-electron chi connectivity index (χ1n) is 15.9. The normalized spacial score (nSPS) is 30.4. The maximum absolute atomic E-state index is 14.0. The van der Waals surface area contributed by atoms with Gasteiger partial charge in [-0.3, -0.25) is 14.4 Å². The number of esters is 1. The van der Waals surface area contributed by atoms with Crippen LogP contribution in [-0.4, -0.2) is 76.5 Å². The number of carbonyl (C=O) groups is 2. The number of benzene rings is 3. The van der Waals surface area contributed by atoms with Crippen molar-refractivity contribution in [1.82, 2.24) is 10.4 Å². The van der Waals surface area contributed by atoms with Gasteiger partial charge in [0.25, 0.3) is 0 Å². The lowest BCUT2D eigenvalue weighted by Gasteiger charge is -2.48. The zero-order chi connectivity index (χ0) is 31.5. The number of hydroxylamine groups is 2. The minimum atomic E-state index is -1.28. The predicted octanol–water partition coefficient (Wildman–Crippen LogP) is 2.84. The average molecular weight is 625 g/mol. The third kappa shape index (κ3) is 4.75. The number of hydrogen-bond acceptors (Lipinski definition) is 9. The summed E-state index contributed by atoms with van der Waals surface area (Å²) < 4.78 is 19.4. The molecule has 1 spiro atoms. The number of amides is 1. The molecule has 0 aromatic heterocycles. The second-order valence-corrected chi connectivity index (χ2v) is 12.9. The number of carbonyl (C=O) groups excluding carboxylic acids is 2. The Morgan fingerprint density at radius 3 is 2.43 bits per heavy atom. The summed E-state index contributed by atoms with van der Waals surface area (Å²) in [7, 11) is 0. The molecule has 5 aliphatic rings. The van der Waals surface area contributed by atoms with Crippen molar-refractivity contribution in [2.75, 3.05) is 13.2 Å². The van der Waals surface area contributed by atoms with Gasteiger partial charge < -0.3 is 29.7 Å². The van der Waals surface area contributed by atoms with Crippen LogP contribution in [0.25, 0.3) is 6.08 Å². The molecule has 3 aromatic carbocycles. The van der Waals surface area contributed by atoms with Crippen LogP contribution < -0.4 is 5.32 Å². The molecule has 10 nitrogen and oxygen atoms in total. The fourth-order valence-corrected chi connectivity index (χ4v) is 8.01. The number of nitrogens with zero attached hydrogens (tertiary/aromatic N) is 1. The third-order valence-corrected chi connectivity index (χ3v) is 10.1. The highest BCUT2D eigenvalue weighted by Crippen LogP contribution is 2.58. The van der Waals surface area contributed by atoms with Crippen LogP contribution in [0.2, 0.25) is 0 Å². The molecule has 3 aromatic rings. The van der Waals surface area contributed by atoms with Gasteiger partial charge in [-0.15, -0.1) is 0 Å². The number of nitrogens with one attached hydrogen (secondary N) is 1. The molecule has 4 fully saturated rings. The fourth-order valence-electron chi connectivity index (χ4n) is 8.01. The van der Waals surface area contributed by atoms with Crippen molar-refractivity contribution >= 4 is 18.0 Å². The molecule has 0 radical (unpaired) electrons. The van der Waals surface area contributed by atoms with Crippen LogP contribution in [0.1, 0.15) is 34.2 Å². The number of aliphatic hydroxyl groups is 1. The number of hydrogen-bond donors (Lipinski definition) is 3. The molecular formula is C36H36N2O8. The Labute approximate surface area is 266 Å². The van der Waals surface area contributed by atoms with Crippen LogP contribution in [0.15, 0.2) is 78.9 Å². The van der Waals surface area contributed by atoms with Crippen molar-refractivity contribution in [3.8, 4) is 5.75 Å². The number of allylic oxidation sites excluding steroid dienone is 1. The number of phenolic OH excluding ortho intramolecular Hbond substituents is 1. The molecule has 6 unspecified atom stereocenters. The van der Waals surface area contributed by atoms with Gasteiger partial charge in [0.05, 0.1) is 13.2 Å². The Kier molecular flexibility index (Phi) is 7.23. The first kappa shape index (κ1) is 29.3. The number of aromatic hydroxyl groups is 1. The summed E-state index contributed by atoms with van der Waals surface area (Å²) in [5, 5.41) is 23.9. The van der Waals surface area contributed by atoms with E-state index in [9.17, 15) is 19.8 Å². The lowest BCUT2D eigenvalue weighted by molar-refractivity contribution is -0.217. The summed E-state index contributed by atoms with van der Waals surface area (Å²) >= 11 is 0. The molecule has 8 rings (SSSR count). The molecule has 10 heteroatoms. The van der Waals surface area contributed by atoms with E-state index >= 15 is 0 Å². The third-order valence-electron chi connectivity index (χ3n) is 10.1. The highest BCUT2D eigenvalue weighted by Gasteiger charge is 2.76. The van der Waals surface area contributed by atoms with Crippen molar-refractivity contribution in [3.63, 3.8) is 0 Å². The molecule has 3 saturated heterocycles. The van der Waals surface area contributed by atoms with Gasteiger partial charge in [-0.2, -0.15) is 5.06 Å². The zero-order valence-electron chi connectivity index (χ0n) is 25.2. The van der Waals surface area contributed by atoms with E-state index < -0.39 is 47.6 Å². The van der Waals surface area contributed by atoms with Crippen molar-refractivity contribution in [2.24, 2.45) is 5.41 Å². The Morgan fingerprint density at radius 1 is 0.978 bits per heavy atom. The minimum Gasteiger partial charge on any atom is -0.508 e. The first-order chi connectivity index (χ1) is 22.4. The topological polar surface area (TPSA) is 127 Å². The minimum absolute atomic E-state index is 0.0588. The molecular weight excluding hydrogens is 588 g/mol. The monoisotopic (exact) mass is 624 g/mol. The summed E-state index contributed by atoms with van der Waals surface area (Å²) in [6.07, 6.45) is 3.28. The van der Waals surface area contributed by atoms with E-state index in [1.807, 2.05) is 60.7 Å². The molecule has 6 atom stereocenters. The number of aliphatic hydroxyl groups excluding tert-OH is 1. The SMILES string of the molecule is O=C1OC2CC3(C(=O)NCCO)C(ON(Cc4ccc(C=CCc5ccccc5O)cc4)C13)C1OC3(Cc4ccccc4C3)OC21. The van der Waals surface area contributed by atoms with Gasteiger partial charge in [0.1, 0.15) is 35.6 Å². The van der Waals surface area contributed by atoms with Crippen LogP contribution in [0, 0.1) is 5.41 Å². The van der Waals surface area contributed by atoms with Gasteiger partial charge in [-0.25, -0.2) is 0 Å². The molecule has 46 heavy (non-hydrogen) atoms. The molecule has 3 N–H and O–H groups in total. The van der Waals surface area contributed by atoms with E-state index in [1.54, 1.807) is 17.2 Å². The average Bonchev–Trinajstić information content (AvgIpc) is 3.73. The summed E-state index contributed by atoms with van der Waals surface area (Å²) in [6.45, 7) is 0.0753. The van der Waals surface area contributed by atoms with Crippen LogP contribution in [0.3, 0.4) is 0 Å². The highest BCUT2D eigenvalue weighted by molar-refractivity contribution is 5.93. The second kappa shape index (κ2) is 11.3. The Hall–Kier alpha value is -4.06. The van der Waals surface area contributed by atoms with Crippen molar-refractivity contribution < 1.29 is 38.9 Å². The summed E-state index contributed by atoms with van der Waals surface area (Å²) in [6, 6.07) is 22.3. The fraction of sp³-hybridized carbons (Fsp3) is 0.389. The van der Waals surface area contributed by atoms with Crippen LogP contribution >= 0.6 is 0 Å². The van der Waals surface area contributed by atoms with Crippen LogP contribution in [-0.2, 0) is 54.4 Å². The van der Waals surface area contributed by atoms with Gasteiger partial charge in [-0.1, -0.05) is 78.9 Å². The quantitative estimate of drug-likeness (QED) is 0.325. The van der Waals surface area contributed by atoms with Gasteiger partial charge in [0, 0.05) is 25.8 Å². The van der Waals surface area contributed by atoms with E-state index in [0.717, 1.165) is 27.8 Å². The van der Waals surface area contributed by atoms with Gasteiger partial charge >= 0.3 is 5.97 Å². The molecule has 3 aliphatic heterocycles. The summed E-state index contributed by atoms with van der Waals surface area (Å²) in [5.74, 6) is -1.53. The van der Waals surface area contributed by atoms with E-state index in [0.29, 0.717) is 19.3 Å². The number of fused-ring (bicyclic) bond motifs is 5. The number of rotatable bonds is 8. The van der Waals surface area contributed by atoms with Crippen molar-refractivity contribution in [3.05, 3.63) is 107 Å². The van der Waals surface area contributed by atoms with Gasteiger partial charge in [0.2, 0.25) is 5.91 Å². The maximum atomic E-state index is 14.0. The Morgan fingerprint density at radius 2 is 1.70 bits per heavy atom. The molecule has 3 heterocycles. The number of ether oxygens (including phenoxy) is 3. The molecule has 2 bridgehead atoms. The van der Waals surface area contributed by atoms with Crippen molar-refractivity contribution in [2.45, 2.75) is 68.5 Å². The smallest absolute Gasteiger partial charge is 0.327 e. The lowest BCUT2D eigenvalue weighted by Crippen LogP contribution is -2.69. The van der Waals surface area contributed by atoms with Crippen LogP contribution in [0.4, 0.5) is 0 Å². The molecule has 2 aliphatic carbocycles. The van der Waals surface area contributed by atoms with Gasteiger partial charge in [-0.05, 0) is 40.3 Å². The van der Waals surface area contributed by atoms with E-state index in [2.05, 4.69) is 17.4 Å². The van der Waals surface area contributed by atoms with E-state index in [1.165, 1.54) is 0 Å². The zero-order valence-corrected chi connectivity index (χ0v) is 25.2. The summed E-state index contributed by atoms with van der Waals surface area (Å²) in [4.78, 5) is 34.3. The Balaban J connectivity index is 1.05. The molecule has 238 valence electrons. The first-order valence-corrected chi connectivity index (χ1v) is 15.9.